The van der Waals surface area contributed by atoms with Crippen LogP contribution in [0.15, 0.2) is 66.9 Å². The van der Waals surface area contributed by atoms with Gasteiger partial charge in [-0.05, 0) is 41.9 Å². The molecule has 0 aliphatic carbocycles. The maximum Gasteiger partial charge on any atom is 0.185 e. The van der Waals surface area contributed by atoms with Crippen molar-refractivity contribution in [3.05, 3.63) is 82.9 Å². The van der Waals surface area contributed by atoms with Crippen LogP contribution in [0.2, 0.25) is 0 Å². The van der Waals surface area contributed by atoms with Crippen LogP contribution in [0.3, 0.4) is 0 Å². The van der Waals surface area contributed by atoms with Crippen molar-refractivity contribution >= 4 is 39.3 Å². The Morgan fingerprint density at radius 2 is 1.37 bits per heavy atom. The number of hydrogen-bond donors (Lipinski definition) is 0. The van der Waals surface area contributed by atoms with Gasteiger partial charge in [0, 0.05) is 41.9 Å². The van der Waals surface area contributed by atoms with Gasteiger partial charge >= 0.3 is 0 Å². The third kappa shape index (κ3) is 10.1. The third-order valence-electron chi connectivity index (χ3n) is 7.19. The molecule has 0 amide bonds. The van der Waals surface area contributed by atoms with Gasteiger partial charge in [0.05, 0.1) is 11.6 Å². The van der Waals surface area contributed by atoms with Crippen LogP contribution in [0.4, 0.5) is 5.69 Å². The lowest BCUT2D eigenvalue weighted by molar-refractivity contribution is -0.109. The zero-order valence-corrected chi connectivity index (χ0v) is 24.8. The van der Waals surface area contributed by atoms with Crippen LogP contribution in [0.25, 0.3) is 16.7 Å². The fourth-order valence-electron chi connectivity index (χ4n) is 4.95. The van der Waals surface area contributed by atoms with Gasteiger partial charge in [-0.1, -0.05) is 106 Å². The molecule has 3 rings (SSSR count). The van der Waals surface area contributed by atoms with E-state index in [-0.39, 0.29) is 10.7 Å². The molecule has 0 unspecified atom stereocenters. The predicted molar refractivity (Wildman–Crippen MR) is 170 cm³/mol. The predicted octanol–water partition coefficient (Wildman–Crippen LogP) is 7.16. The summed E-state index contributed by atoms with van der Waals surface area (Å²) in [5.41, 5.74) is 3.82. The number of para-hydroxylation sites is 1. The first-order valence-electron chi connectivity index (χ1n) is 14.5. The number of allylic oxidation sites excluding steroid dienone is 3. The normalized spacial score (nSPS) is 12.7. The molecule has 0 fully saturated rings. The Hall–Kier alpha value is -4.05. The lowest BCUT2D eigenvalue weighted by atomic mass is 9.97. The number of carbonyl (C=O) groups is 1. The van der Waals surface area contributed by atoms with Gasteiger partial charge < -0.3 is 4.90 Å². The van der Waals surface area contributed by atoms with Gasteiger partial charge in [0.15, 0.2) is 5.12 Å². The maximum atomic E-state index is 10.9. The van der Waals surface area contributed by atoms with Crippen LogP contribution < -0.4 is 15.3 Å². The molecule has 1 aliphatic rings. The molecule has 0 saturated carbocycles. The molecule has 2 aromatic rings. The van der Waals surface area contributed by atoms with Gasteiger partial charge in [-0.3, -0.25) is 4.79 Å². The maximum absolute atomic E-state index is 10.9. The number of nitrogens with zero attached hydrogens (tertiary/aromatic N) is 4. The first kappa shape index (κ1) is 31.5. The Balaban J connectivity index is 1.51. The second kappa shape index (κ2) is 17.6. The van der Waals surface area contributed by atoms with Crippen LogP contribution in [0.1, 0.15) is 76.7 Å². The molecule has 0 aromatic heterocycles. The van der Waals surface area contributed by atoms with Crippen LogP contribution in [-0.2, 0) is 4.79 Å². The molecule has 6 heteroatoms. The molecule has 41 heavy (non-hydrogen) atoms. The minimum atomic E-state index is 0.0571. The van der Waals surface area contributed by atoms with Crippen molar-refractivity contribution in [3.63, 3.8) is 0 Å². The summed E-state index contributed by atoms with van der Waals surface area (Å²) in [5, 5.41) is 29.6. The number of benzene rings is 2. The number of carbonyl (C=O) groups excluding carboxylic acids is 1. The first-order chi connectivity index (χ1) is 20.1. The Labute approximate surface area is 248 Å². The summed E-state index contributed by atoms with van der Waals surface area (Å²) in [6, 6.07) is 21.4. The number of thioether (sulfide) groups is 1. The van der Waals surface area contributed by atoms with Gasteiger partial charge in [-0.15, -0.1) is 0 Å². The van der Waals surface area contributed by atoms with Gasteiger partial charge in [0.25, 0.3) is 0 Å². The van der Waals surface area contributed by atoms with Crippen molar-refractivity contribution in [1.82, 2.24) is 0 Å². The number of anilines is 1. The lowest BCUT2D eigenvalue weighted by Gasteiger charge is -2.27. The minimum Gasteiger partial charge on any atom is -0.347 e. The summed E-state index contributed by atoms with van der Waals surface area (Å²) in [6.45, 7) is 2.61. The monoisotopic (exact) mass is 562 g/mol. The van der Waals surface area contributed by atoms with Crippen LogP contribution in [0.5, 0.6) is 0 Å². The molecule has 2 aromatic carbocycles. The average molecular weight is 563 g/mol. The molecule has 0 spiro atoms. The van der Waals surface area contributed by atoms with Crippen LogP contribution >= 0.6 is 11.8 Å². The van der Waals surface area contributed by atoms with E-state index in [1.807, 2.05) is 24.3 Å². The second-order valence-electron chi connectivity index (χ2n) is 10.2. The topological polar surface area (TPSA) is 91.7 Å². The standard InChI is InChI=1S/C35H38N4OS/c1-28(40)41-23-13-9-7-5-3-2-4-6-8-12-21-39-22-20-31(34-14-10-11-15-35(34)39)24-32(25-36)29-16-18-30(19-17-29)33(26-37)27-38/h10-11,14-20,22,24H,2-9,12-13,21,23H2,1H3/b31-24-. The van der Waals surface area contributed by atoms with E-state index in [1.165, 1.54) is 63.1 Å². The van der Waals surface area contributed by atoms with Gasteiger partial charge in [0.2, 0.25) is 0 Å². The quantitative estimate of drug-likeness (QED) is 0.227. The largest absolute Gasteiger partial charge is 0.347 e. The van der Waals surface area contributed by atoms with Gasteiger partial charge in [0.1, 0.15) is 17.7 Å². The van der Waals surface area contributed by atoms with Crippen molar-refractivity contribution < 1.29 is 4.79 Å². The summed E-state index contributed by atoms with van der Waals surface area (Å²) in [4.78, 5) is 13.2. The Kier molecular flexibility index (Phi) is 13.5. The van der Waals surface area contributed by atoms with Crippen LogP contribution in [-0.4, -0.2) is 17.4 Å². The molecule has 0 radical (unpaired) electrons. The number of nitriles is 3. The van der Waals surface area contributed by atoms with E-state index in [9.17, 15) is 10.1 Å². The van der Waals surface area contributed by atoms with E-state index in [4.69, 9.17) is 10.5 Å². The number of unbranched alkanes of at least 4 members (excludes halogenated alkanes) is 9. The summed E-state index contributed by atoms with van der Waals surface area (Å²) in [7, 11) is 0. The molecule has 5 nitrogen and oxygen atoms in total. The van der Waals surface area contributed by atoms with E-state index < -0.39 is 0 Å². The molecule has 210 valence electrons. The number of rotatable bonds is 14. The first-order valence-corrected chi connectivity index (χ1v) is 15.5. The lowest BCUT2D eigenvalue weighted by Crippen LogP contribution is -2.21. The van der Waals surface area contributed by atoms with E-state index in [1.54, 1.807) is 31.2 Å². The minimum absolute atomic E-state index is 0.0571. The summed E-state index contributed by atoms with van der Waals surface area (Å²) >= 11 is 1.44. The van der Waals surface area contributed by atoms with Crippen molar-refractivity contribution in [3.8, 4) is 18.2 Å². The summed E-state index contributed by atoms with van der Waals surface area (Å²) in [5.74, 6) is 0.965. The molecule has 1 heterocycles. The highest BCUT2D eigenvalue weighted by Gasteiger charge is 2.16. The second-order valence-corrected chi connectivity index (χ2v) is 11.5. The highest BCUT2D eigenvalue weighted by atomic mass is 32.2. The zero-order valence-electron chi connectivity index (χ0n) is 23.9. The van der Waals surface area contributed by atoms with E-state index in [0.29, 0.717) is 10.8 Å². The van der Waals surface area contributed by atoms with Crippen molar-refractivity contribution in [1.29, 1.82) is 15.8 Å². The van der Waals surface area contributed by atoms with Crippen molar-refractivity contribution in [2.45, 2.75) is 71.1 Å². The number of fused-ring (bicyclic) bond motifs is 1. The smallest absolute Gasteiger partial charge is 0.185 e. The Bertz CT molecular complexity index is 1460. The molecule has 0 bridgehead atoms. The van der Waals surface area contributed by atoms with Gasteiger partial charge in [-0.2, -0.15) is 15.8 Å². The summed E-state index contributed by atoms with van der Waals surface area (Å²) in [6.07, 6.45) is 18.6. The Morgan fingerprint density at radius 3 is 1.98 bits per heavy atom. The molecule has 0 atom stereocenters. The zero-order chi connectivity index (χ0) is 29.3. The van der Waals surface area contributed by atoms with Crippen LogP contribution in [0, 0.1) is 34.0 Å². The highest BCUT2D eigenvalue weighted by molar-refractivity contribution is 8.13. The Morgan fingerprint density at radius 1 is 0.780 bits per heavy atom. The molecular formula is C35H38N4OS. The fourth-order valence-corrected chi connectivity index (χ4v) is 5.59. The van der Waals surface area contributed by atoms with Crippen molar-refractivity contribution in [2.75, 3.05) is 17.2 Å². The van der Waals surface area contributed by atoms with Crippen molar-refractivity contribution in [2.24, 2.45) is 0 Å². The summed E-state index contributed by atoms with van der Waals surface area (Å²) < 4.78 is 0. The number of hydrogen-bond acceptors (Lipinski definition) is 6. The molecule has 0 saturated heterocycles. The molecule has 0 N–H and O–H groups in total. The highest BCUT2D eigenvalue weighted by Crippen LogP contribution is 2.33. The SMILES string of the molecule is CC(=O)SCCCCCCCCCCCCN1C=C/C(=C/C(C#N)=c2ccc(=C(C#N)C#N)cc2)c2ccccc21. The fraction of sp³-hybridized carbons (Fsp3) is 0.371. The molecule has 1 aliphatic heterocycles. The van der Waals surface area contributed by atoms with E-state index >= 15 is 0 Å². The third-order valence-corrected chi connectivity index (χ3v) is 8.09. The molecular weight excluding hydrogens is 524 g/mol. The van der Waals surface area contributed by atoms with Gasteiger partial charge in [-0.25, -0.2) is 0 Å². The average Bonchev–Trinajstić information content (AvgIpc) is 2.99. The van der Waals surface area contributed by atoms with E-state index in [2.05, 4.69) is 41.4 Å². The van der Waals surface area contributed by atoms with E-state index in [0.717, 1.165) is 47.2 Å².